The highest BCUT2D eigenvalue weighted by Gasteiger charge is 2.16. The Kier molecular flexibility index (Phi) is 12.9. The van der Waals surface area contributed by atoms with Crippen LogP contribution in [-0.4, -0.2) is 40.9 Å². The van der Waals surface area contributed by atoms with Crippen molar-refractivity contribution in [3.8, 4) is 0 Å². The molecule has 2 aromatic carbocycles. The van der Waals surface area contributed by atoms with E-state index in [0.29, 0.717) is 5.33 Å². The van der Waals surface area contributed by atoms with Gasteiger partial charge in [0.2, 0.25) is 0 Å². The van der Waals surface area contributed by atoms with Crippen LogP contribution in [0.1, 0.15) is 50.7 Å². The number of nitrogens with zero attached hydrogens (tertiary/aromatic N) is 3. The summed E-state index contributed by atoms with van der Waals surface area (Å²) in [4.78, 5) is 22.6. The Morgan fingerprint density at radius 2 is 1.34 bits per heavy atom. The highest BCUT2D eigenvalue weighted by Crippen LogP contribution is 2.20. The van der Waals surface area contributed by atoms with Crippen molar-refractivity contribution in [2.45, 2.75) is 51.4 Å². The van der Waals surface area contributed by atoms with Crippen LogP contribution in [-0.2, 0) is 11.9 Å². The lowest BCUT2D eigenvalue weighted by molar-refractivity contribution is -0.385. The predicted molar refractivity (Wildman–Crippen MR) is 144 cm³/mol. The van der Waals surface area contributed by atoms with E-state index in [-0.39, 0.29) is 16.3 Å². The molecule has 4 rings (SSSR count). The van der Waals surface area contributed by atoms with Crippen LogP contribution in [0, 0.1) is 32.1 Å². The highest BCUT2D eigenvalue weighted by molar-refractivity contribution is 9.08. The number of likely N-dealkylation sites (tertiary alicyclic amines) is 1. The maximum Gasteiger partial charge on any atom is 0.269 e. The number of benzene rings is 2. The fraction of sp³-hybridized carbons (Fsp3) is 0.538. The van der Waals surface area contributed by atoms with Crippen LogP contribution in [0.2, 0.25) is 0 Å². The number of alkyl halides is 1. The second-order valence-electron chi connectivity index (χ2n) is 9.38. The third-order valence-corrected chi connectivity index (χ3v) is 6.95. The van der Waals surface area contributed by atoms with Gasteiger partial charge in [-0.25, -0.2) is 0 Å². The molecule has 2 aliphatic heterocycles. The van der Waals surface area contributed by atoms with Gasteiger partial charge < -0.3 is 5.32 Å². The van der Waals surface area contributed by atoms with Crippen molar-refractivity contribution in [3.63, 3.8) is 0 Å². The number of non-ortho nitro benzene ring substituents is 2. The highest BCUT2D eigenvalue weighted by atomic mass is 79.9. The summed E-state index contributed by atoms with van der Waals surface area (Å²) in [6.45, 7) is 10.1. The minimum absolute atomic E-state index is 0.141. The zero-order chi connectivity index (χ0) is 25.6. The predicted octanol–water partition coefficient (Wildman–Crippen LogP) is 6.32. The van der Waals surface area contributed by atoms with Gasteiger partial charge in [0.05, 0.1) is 9.85 Å². The summed E-state index contributed by atoms with van der Waals surface area (Å²) in [5.41, 5.74) is 2.28. The van der Waals surface area contributed by atoms with Gasteiger partial charge in [-0.1, -0.05) is 54.0 Å². The third kappa shape index (κ3) is 11.3. The first-order valence-corrected chi connectivity index (χ1v) is 13.4. The number of hydrogen-bond acceptors (Lipinski definition) is 6. The van der Waals surface area contributed by atoms with Crippen molar-refractivity contribution in [1.29, 1.82) is 0 Å². The van der Waals surface area contributed by atoms with Gasteiger partial charge in [0.25, 0.3) is 11.4 Å². The van der Waals surface area contributed by atoms with E-state index in [1.807, 2.05) is 12.1 Å². The summed E-state index contributed by atoms with van der Waals surface area (Å²) in [7, 11) is 0. The van der Waals surface area contributed by atoms with Gasteiger partial charge in [0.1, 0.15) is 0 Å². The Morgan fingerprint density at radius 1 is 0.857 bits per heavy atom. The Morgan fingerprint density at radius 3 is 1.80 bits per heavy atom. The topological polar surface area (TPSA) is 102 Å². The van der Waals surface area contributed by atoms with E-state index in [2.05, 4.69) is 40.0 Å². The summed E-state index contributed by atoms with van der Waals surface area (Å²) in [5, 5.41) is 24.9. The average Bonchev–Trinajstić information content (AvgIpc) is 2.87. The van der Waals surface area contributed by atoms with E-state index in [1.165, 1.54) is 44.8 Å². The maximum absolute atomic E-state index is 10.7. The molecule has 35 heavy (non-hydrogen) atoms. The van der Waals surface area contributed by atoms with Crippen molar-refractivity contribution in [1.82, 2.24) is 10.2 Å². The average molecular weight is 550 g/mol. The van der Waals surface area contributed by atoms with Crippen molar-refractivity contribution in [2.75, 3.05) is 26.2 Å². The second kappa shape index (κ2) is 15.6. The monoisotopic (exact) mass is 548 g/mol. The first-order valence-electron chi connectivity index (χ1n) is 12.2. The van der Waals surface area contributed by atoms with E-state index in [4.69, 9.17) is 0 Å². The molecule has 2 fully saturated rings. The lowest BCUT2D eigenvalue weighted by Gasteiger charge is -2.30. The Balaban J connectivity index is 0.000000205. The number of piperidine rings is 2. The molecule has 0 aromatic heterocycles. The van der Waals surface area contributed by atoms with Crippen molar-refractivity contribution < 1.29 is 9.85 Å². The van der Waals surface area contributed by atoms with E-state index in [1.54, 1.807) is 30.3 Å². The number of nitro benzene ring substituents is 2. The Hall–Kier alpha value is -2.36. The molecule has 2 heterocycles. The normalized spacial score (nSPS) is 16.9. The number of halogens is 1. The Bertz CT molecular complexity index is 929. The molecular formula is C26H37BrN4O4. The smallest absolute Gasteiger partial charge is 0.269 e. The van der Waals surface area contributed by atoms with Crippen LogP contribution in [0.15, 0.2) is 48.5 Å². The van der Waals surface area contributed by atoms with Gasteiger partial charge in [-0.2, -0.15) is 0 Å². The van der Waals surface area contributed by atoms with Crippen LogP contribution in [0.5, 0.6) is 0 Å². The van der Waals surface area contributed by atoms with Crippen molar-refractivity contribution in [3.05, 3.63) is 79.9 Å². The summed E-state index contributed by atoms with van der Waals surface area (Å²) >= 11 is 3.22. The van der Waals surface area contributed by atoms with Crippen LogP contribution in [0.3, 0.4) is 0 Å². The molecular weight excluding hydrogens is 512 g/mol. The molecule has 192 valence electrons. The summed E-state index contributed by atoms with van der Waals surface area (Å²) in [6, 6.07) is 13.5. The quantitative estimate of drug-likeness (QED) is 0.266. The van der Waals surface area contributed by atoms with Crippen molar-refractivity contribution in [2.24, 2.45) is 11.8 Å². The fourth-order valence-electron chi connectivity index (χ4n) is 3.97. The lowest BCUT2D eigenvalue weighted by atomic mass is 9.99. The number of nitrogens with one attached hydrogen (secondary N) is 1. The van der Waals surface area contributed by atoms with Crippen LogP contribution >= 0.6 is 15.9 Å². The molecule has 0 amide bonds. The van der Waals surface area contributed by atoms with E-state index >= 15 is 0 Å². The van der Waals surface area contributed by atoms with Crippen molar-refractivity contribution >= 4 is 27.3 Å². The van der Waals surface area contributed by atoms with Gasteiger partial charge in [0.15, 0.2) is 0 Å². The van der Waals surface area contributed by atoms with E-state index in [0.717, 1.165) is 42.6 Å². The summed E-state index contributed by atoms with van der Waals surface area (Å²) in [6.07, 6.45) is 5.21. The van der Waals surface area contributed by atoms with Crippen LogP contribution in [0.4, 0.5) is 11.4 Å². The molecule has 0 radical (unpaired) electrons. The molecule has 0 spiro atoms. The molecule has 0 saturated carbocycles. The minimum atomic E-state index is -0.397. The number of rotatable bonds is 5. The second-order valence-corrected chi connectivity index (χ2v) is 9.94. The molecule has 1 N–H and O–H groups in total. The maximum atomic E-state index is 10.7. The molecule has 9 heteroatoms. The molecule has 0 aliphatic carbocycles. The SMILES string of the molecule is CC1CCN(Cc2cccc([N+](=O)[O-])c2)CC1.CC1CCNCC1.O=[N+]([O-])c1cccc(CBr)c1. The molecule has 0 atom stereocenters. The van der Waals surface area contributed by atoms with Gasteiger partial charge in [-0.15, -0.1) is 0 Å². The molecule has 2 saturated heterocycles. The van der Waals surface area contributed by atoms with E-state index < -0.39 is 4.92 Å². The fourth-order valence-corrected chi connectivity index (χ4v) is 4.31. The Labute approximate surface area is 216 Å². The summed E-state index contributed by atoms with van der Waals surface area (Å²) < 4.78 is 0. The van der Waals surface area contributed by atoms with Crippen LogP contribution in [0.25, 0.3) is 0 Å². The number of hydrogen-bond donors (Lipinski definition) is 1. The molecule has 0 unspecified atom stereocenters. The largest absolute Gasteiger partial charge is 0.317 e. The number of nitro groups is 2. The zero-order valence-corrected chi connectivity index (χ0v) is 22.3. The molecule has 8 nitrogen and oxygen atoms in total. The molecule has 2 aliphatic rings. The standard InChI is InChI=1S/C13H18N2O2.C7H6BrNO2.C6H13N/c1-11-5-7-14(8-6-11)10-12-3-2-4-13(9-12)15(16)17;8-5-6-2-1-3-7(4-6)9(10)11;1-6-2-4-7-5-3-6/h2-4,9,11H,5-8,10H2,1H3;1-4H,5H2;6-7H,2-5H2,1H3. The van der Waals surface area contributed by atoms with Gasteiger partial charge >= 0.3 is 0 Å². The zero-order valence-electron chi connectivity index (χ0n) is 20.7. The van der Waals surface area contributed by atoms with Crippen LogP contribution < -0.4 is 5.32 Å². The lowest BCUT2D eigenvalue weighted by Crippen LogP contribution is -2.32. The minimum Gasteiger partial charge on any atom is -0.317 e. The van der Waals surface area contributed by atoms with Gasteiger partial charge in [-0.3, -0.25) is 25.1 Å². The first-order chi connectivity index (χ1) is 16.8. The van der Waals surface area contributed by atoms with Gasteiger partial charge in [-0.05, 0) is 74.8 Å². The van der Waals surface area contributed by atoms with E-state index in [9.17, 15) is 20.2 Å². The molecule has 2 aromatic rings. The third-order valence-electron chi connectivity index (χ3n) is 6.31. The first kappa shape index (κ1) is 28.9. The summed E-state index contributed by atoms with van der Waals surface area (Å²) in [5.74, 6) is 1.79. The van der Waals surface area contributed by atoms with Gasteiger partial charge in [0, 0.05) is 36.1 Å². The molecule has 0 bridgehead atoms.